The third-order valence-electron chi connectivity index (χ3n) is 4.66. The minimum absolute atomic E-state index is 0.0267. The van der Waals surface area contributed by atoms with E-state index in [1.54, 1.807) is 13.2 Å². The van der Waals surface area contributed by atoms with E-state index in [4.69, 9.17) is 21.4 Å². The summed E-state index contributed by atoms with van der Waals surface area (Å²) in [6.45, 7) is 0. The van der Waals surface area contributed by atoms with Crippen molar-refractivity contribution in [3.8, 4) is 5.75 Å². The fraction of sp³-hybridized carbons (Fsp3) is 0.136. The van der Waals surface area contributed by atoms with Crippen molar-refractivity contribution >= 4 is 23.0 Å². The molecule has 136 valence electrons. The molecule has 1 atom stereocenters. The molecule has 0 N–H and O–H groups in total. The fourth-order valence-electron chi connectivity index (χ4n) is 3.27. The van der Waals surface area contributed by atoms with E-state index in [-0.39, 0.29) is 11.9 Å². The van der Waals surface area contributed by atoms with Gasteiger partial charge in [0, 0.05) is 11.4 Å². The number of anilines is 1. The number of hydrazone groups is 1. The lowest BCUT2D eigenvalue weighted by Crippen LogP contribution is -2.18. The van der Waals surface area contributed by atoms with Crippen LogP contribution < -0.4 is 9.75 Å². The van der Waals surface area contributed by atoms with E-state index in [1.165, 1.54) is 12.1 Å². The number of nitrogens with zero attached hydrogens (tertiary/aromatic N) is 2. The van der Waals surface area contributed by atoms with Crippen LogP contribution in [-0.2, 0) is 0 Å². The molecule has 0 radical (unpaired) electrons. The molecule has 3 nitrogen and oxygen atoms in total. The summed E-state index contributed by atoms with van der Waals surface area (Å²) in [5.74, 6) is 0.518. The maximum atomic E-state index is 13.8. The molecule has 0 saturated carbocycles. The van der Waals surface area contributed by atoms with Gasteiger partial charge < -0.3 is 4.74 Å². The molecule has 0 saturated heterocycles. The lowest BCUT2D eigenvalue weighted by Gasteiger charge is -2.24. The summed E-state index contributed by atoms with van der Waals surface area (Å²) >= 11 is 6.04. The van der Waals surface area contributed by atoms with E-state index in [0.717, 1.165) is 28.3 Å². The van der Waals surface area contributed by atoms with Crippen LogP contribution in [0, 0.1) is 5.82 Å². The van der Waals surface area contributed by atoms with Gasteiger partial charge in [0.05, 0.1) is 24.6 Å². The second-order valence-corrected chi connectivity index (χ2v) is 6.81. The first kappa shape index (κ1) is 17.6. The Hall–Kier alpha value is -2.85. The Labute approximate surface area is 162 Å². The molecule has 0 amide bonds. The van der Waals surface area contributed by atoms with Crippen molar-refractivity contribution in [2.75, 3.05) is 12.1 Å². The molecule has 0 aromatic heterocycles. The van der Waals surface area contributed by atoms with Crippen LogP contribution in [0.3, 0.4) is 0 Å². The molecule has 0 aliphatic carbocycles. The van der Waals surface area contributed by atoms with Crippen molar-refractivity contribution in [3.63, 3.8) is 0 Å². The van der Waals surface area contributed by atoms with Crippen molar-refractivity contribution in [2.45, 2.75) is 12.5 Å². The van der Waals surface area contributed by atoms with Crippen LogP contribution in [-0.4, -0.2) is 12.8 Å². The van der Waals surface area contributed by atoms with Gasteiger partial charge in [-0.25, -0.2) is 4.39 Å². The molecule has 27 heavy (non-hydrogen) atoms. The predicted octanol–water partition coefficient (Wildman–Crippen LogP) is 5.84. The summed E-state index contributed by atoms with van der Waals surface area (Å²) in [5, 5.41) is 7.38. The summed E-state index contributed by atoms with van der Waals surface area (Å²) in [6, 6.07) is 22.0. The average molecular weight is 381 g/mol. The maximum absolute atomic E-state index is 13.8. The van der Waals surface area contributed by atoms with Crippen LogP contribution in [0.4, 0.5) is 10.1 Å². The Bertz CT molecular complexity index is 970. The molecule has 5 heteroatoms. The van der Waals surface area contributed by atoms with Crippen LogP contribution in [0.5, 0.6) is 5.75 Å². The zero-order chi connectivity index (χ0) is 18.8. The molecule has 1 aliphatic heterocycles. The molecule has 0 fully saturated rings. The Kier molecular flexibility index (Phi) is 4.82. The van der Waals surface area contributed by atoms with Gasteiger partial charge in [-0.1, -0.05) is 29.8 Å². The number of methoxy groups -OCH3 is 1. The molecule has 0 spiro atoms. The molecule has 1 aliphatic rings. The van der Waals surface area contributed by atoms with Gasteiger partial charge in [-0.05, 0) is 65.7 Å². The molecular weight excluding hydrogens is 363 g/mol. The Morgan fingerprint density at radius 2 is 1.78 bits per heavy atom. The molecular formula is C22H18ClFN2O. The number of rotatable bonds is 4. The first-order chi connectivity index (χ1) is 13.1. The van der Waals surface area contributed by atoms with Gasteiger partial charge in [0.15, 0.2) is 0 Å². The minimum Gasteiger partial charge on any atom is -0.497 e. The number of hydrogen-bond donors (Lipinski definition) is 0. The average Bonchev–Trinajstić information content (AvgIpc) is 3.14. The standard InChI is InChI=1S/C22H18ClFN2O/c1-27-20-11-7-15(8-12-20)21-14-22(16-5-9-17(23)10-6-16)26(25-21)19-4-2-3-18(24)13-19/h2-13,22H,14H2,1H3. The van der Waals surface area contributed by atoms with E-state index in [2.05, 4.69) is 0 Å². The summed E-state index contributed by atoms with van der Waals surface area (Å²) in [4.78, 5) is 0. The van der Waals surface area contributed by atoms with Gasteiger partial charge in [-0.2, -0.15) is 5.10 Å². The maximum Gasteiger partial charge on any atom is 0.125 e. The number of halogens is 2. The lowest BCUT2D eigenvalue weighted by atomic mass is 9.98. The van der Waals surface area contributed by atoms with E-state index in [9.17, 15) is 4.39 Å². The van der Waals surface area contributed by atoms with Gasteiger partial charge in [0.1, 0.15) is 11.6 Å². The monoisotopic (exact) mass is 380 g/mol. The zero-order valence-electron chi connectivity index (χ0n) is 14.8. The second kappa shape index (κ2) is 7.41. The van der Waals surface area contributed by atoms with Crippen molar-refractivity contribution in [1.29, 1.82) is 0 Å². The highest BCUT2D eigenvalue weighted by Crippen LogP contribution is 2.37. The second-order valence-electron chi connectivity index (χ2n) is 6.37. The van der Waals surface area contributed by atoms with E-state index >= 15 is 0 Å². The van der Waals surface area contributed by atoms with Crippen molar-refractivity contribution in [3.05, 3.63) is 94.8 Å². The molecule has 1 heterocycles. The Morgan fingerprint density at radius 1 is 1.04 bits per heavy atom. The van der Waals surface area contributed by atoms with E-state index < -0.39 is 0 Å². The third kappa shape index (κ3) is 3.67. The van der Waals surface area contributed by atoms with Crippen LogP contribution in [0.1, 0.15) is 23.6 Å². The van der Waals surface area contributed by atoms with Gasteiger partial charge in [-0.15, -0.1) is 0 Å². The van der Waals surface area contributed by atoms with Crippen molar-refractivity contribution in [2.24, 2.45) is 5.10 Å². The number of ether oxygens (including phenoxy) is 1. The van der Waals surface area contributed by atoms with Crippen LogP contribution in [0.2, 0.25) is 5.02 Å². The fourth-order valence-corrected chi connectivity index (χ4v) is 3.40. The molecule has 1 unspecified atom stereocenters. The summed E-state index contributed by atoms with van der Waals surface area (Å²) in [7, 11) is 1.64. The lowest BCUT2D eigenvalue weighted by molar-refractivity contribution is 0.415. The Balaban J connectivity index is 1.73. The molecule has 3 aromatic rings. The van der Waals surface area contributed by atoms with Gasteiger partial charge >= 0.3 is 0 Å². The van der Waals surface area contributed by atoms with Gasteiger partial charge in [0.25, 0.3) is 0 Å². The number of hydrogen-bond acceptors (Lipinski definition) is 3. The molecule has 3 aromatic carbocycles. The highest BCUT2D eigenvalue weighted by atomic mass is 35.5. The topological polar surface area (TPSA) is 24.8 Å². The van der Waals surface area contributed by atoms with Crippen LogP contribution >= 0.6 is 11.6 Å². The molecule has 4 rings (SSSR count). The Morgan fingerprint density at radius 3 is 2.44 bits per heavy atom. The normalized spacial score (nSPS) is 16.3. The van der Waals surface area contributed by atoms with Crippen LogP contribution in [0.15, 0.2) is 77.9 Å². The zero-order valence-corrected chi connectivity index (χ0v) is 15.5. The smallest absolute Gasteiger partial charge is 0.125 e. The number of benzene rings is 3. The largest absolute Gasteiger partial charge is 0.497 e. The van der Waals surface area contributed by atoms with E-state index in [1.807, 2.05) is 59.6 Å². The SMILES string of the molecule is COc1ccc(C2=NN(c3cccc(F)c3)C(c3ccc(Cl)cc3)C2)cc1. The van der Waals surface area contributed by atoms with Crippen LogP contribution in [0.25, 0.3) is 0 Å². The first-order valence-electron chi connectivity index (χ1n) is 8.66. The van der Waals surface area contributed by atoms with Gasteiger partial charge in [-0.3, -0.25) is 5.01 Å². The molecule has 0 bridgehead atoms. The van der Waals surface area contributed by atoms with E-state index in [0.29, 0.717) is 11.4 Å². The first-order valence-corrected chi connectivity index (χ1v) is 9.04. The van der Waals surface area contributed by atoms with Crippen molar-refractivity contribution < 1.29 is 9.13 Å². The summed E-state index contributed by atoms with van der Waals surface area (Å²) < 4.78 is 19.0. The summed E-state index contributed by atoms with van der Waals surface area (Å²) in [6.07, 6.45) is 0.713. The minimum atomic E-state index is -0.282. The highest BCUT2D eigenvalue weighted by molar-refractivity contribution is 6.30. The van der Waals surface area contributed by atoms with Crippen molar-refractivity contribution in [1.82, 2.24) is 0 Å². The predicted molar refractivity (Wildman–Crippen MR) is 107 cm³/mol. The van der Waals surface area contributed by atoms with Gasteiger partial charge in [0.2, 0.25) is 0 Å². The highest BCUT2D eigenvalue weighted by Gasteiger charge is 2.30. The summed E-state index contributed by atoms with van der Waals surface area (Å²) in [5.41, 5.74) is 3.77. The third-order valence-corrected chi connectivity index (χ3v) is 4.91. The quantitative estimate of drug-likeness (QED) is 0.567.